The van der Waals surface area contributed by atoms with Gasteiger partial charge in [0.1, 0.15) is 11.3 Å². The second-order valence-corrected chi connectivity index (χ2v) is 10.9. The van der Waals surface area contributed by atoms with Gasteiger partial charge in [-0.1, -0.05) is 77.4 Å². The molecule has 0 radical (unpaired) electrons. The molecule has 0 aliphatic heterocycles. The van der Waals surface area contributed by atoms with Crippen molar-refractivity contribution in [2.75, 3.05) is 0 Å². The number of hydrogen-bond acceptors (Lipinski definition) is 4. The van der Waals surface area contributed by atoms with E-state index in [1.807, 2.05) is 73.7 Å². The molecule has 0 unspecified atom stereocenters. The van der Waals surface area contributed by atoms with Crippen molar-refractivity contribution in [2.24, 2.45) is 21.1 Å². The number of carbonyl (C=O) groups is 1. The zero-order valence-corrected chi connectivity index (χ0v) is 21.1. The molecule has 0 amide bonds. The average Bonchev–Trinajstić information content (AvgIpc) is 3.18. The Hall–Kier alpha value is -3.53. The number of aryl methyl sites for hydroxylation is 1. The molecule has 1 aromatic heterocycles. The van der Waals surface area contributed by atoms with Gasteiger partial charge in [-0.25, -0.2) is 0 Å². The molecule has 4 heteroatoms. The van der Waals surface area contributed by atoms with E-state index in [1.165, 1.54) is 0 Å². The molecule has 0 fully saturated rings. The summed E-state index contributed by atoms with van der Waals surface area (Å²) in [5.74, 6) is 0.707. The van der Waals surface area contributed by atoms with Crippen molar-refractivity contribution in [3.05, 3.63) is 94.8 Å². The van der Waals surface area contributed by atoms with Crippen LogP contribution >= 0.6 is 0 Å². The van der Waals surface area contributed by atoms with E-state index in [0.29, 0.717) is 11.5 Å². The van der Waals surface area contributed by atoms with Gasteiger partial charge in [-0.15, -0.1) is 5.11 Å². The molecule has 0 saturated heterocycles. The number of ketones is 1. The van der Waals surface area contributed by atoms with E-state index < -0.39 is 0 Å². The summed E-state index contributed by atoms with van der Waals surface area (Å²) < 4.78 is 6.20. The molecule has 0 bridgehead atoms. The largest absolute Gasteiger partial charge is 0.454 e. The summed E-state index contributed by atoms with van der Waals surface area (Å²) in [6.07, 6.45) is 3.91. The van der Waals surface area contributed by atoms with Crippen LogP contribution in [-0.2, 0) is 4.79 Å². The normalized spacial score (nSPS) is 15.1. The molecule has 3 aromatic rings. The first-order chi connectivity index (χ1) is 15.9. The second kappa shape index (κ2) is 8.68. The fourth-order valence-corrected chi connectivity index (χ4v) is 3.95. The Balaban J connectivity index is 1.98. The Kier molecular flexibility index (Phi) is 6.03. The molecule has 174 valence electrons. The lowest BCUT2D eigenvalue weighted by Gasteiger charge is -2.31. The number of azo groups is 1. The zero-order valence-electron chi connectivity index (χ0n) is 21.1. The minimum Gasteiger partial charge on any atom is -0.454 e. The minimum absolute atomic E-state index is 0.0863. The van der Waals surface area contributed by atoms with Crippen LogP contribution in [0.2, 0.25) is 0 Å². The smallest absolute Gasteiger partial charge is 0.186 e. The Morgan fingerprint density at radius 3 is 1.97 bits per heavy atom. The predicted molar refractivity (Wildman–Crippen MR) is 139 cm³/mol. The summed E-state index contributed by atoms with van der Waals surface area (Å²) in [6, 6.07) is 17.8. The van der Waals surface area contributed by atoms with Crippen LogP contribution < -0.4 is 0 Å². The third kappa shape index (κ3) is 4.86. The highest BCUT2D eigenvalue weighted by Crippen LogP contribution is 2.41. The van der Waals surface area contributed by atoms with E-state index >= 15 is 0 Å². The van der Waals surface area contributed by atoms with Crippen molar-refractivity contribution in [1.82, 2.24) is 0 Å². The van der Waals surface area contributed by atoms with Crippen molar-refractivity contribution >= 4 is 28.1 Å². The topological polar surface area (TPSA) is 54.9 Å². The van der Waals surface area contributed by atoms with Crippen molar-refractivity contribution in [1.29, 1.82) is 0 Å². The van der Waals surface area contributed by atoms with E-state index in [4.69, 9.17) is 4.42 Å². The quantitative estimate of drug-likeness (QED) is 0.373. The first-order valence-electron chi connectivity index (χ1n) is 11.6. The number of para-hydroxylation sites is 1. The number of Topliss-reactive ketones (excluding diaryl/α,β-unsaturated/α-hetero) is 1. The number of carbonyl (C=O) groups excluding carboxylic acids is 1. The summed E-state index contributed by atoms with van der Waals surface area (Å²) in [4.78, 5) is 13.4. The highest BCUT2D eigenvalue weighted by atomic mass is 16.3. The maximum Gasteiger partial charge on any atom is 0.186 e. The maximum atomic E-state index is 13.4. The molecular weight excluding hydrogens is 420 g/mol. The van der Waals surface area contributed by atoms with Gasteiger partial charge in [-0.05, 0) is 54.2 Å². The number of rotatable bonds is 3. The summed E-state index contributed by atoms with van der Waals surface area (Å²) in [5.41, 5.74) is 5.01. The average molecular weight is 453 g/mol. The second-order valence-electron chi connectivity index (χ2n) is 10.9. The van der Waals surface area contributed by atoms with Gasteiger partial charge in [0.05, 0.1) is 5.69 Å². The molecule has 1 aliphatic rings. The van der Waals surface area contributed by atoms with Gasteiger partial charge in [0.2, 0.25) is 0 Å². The molecule has 0 spiro atoms. The molecule has 0 atom stereocenters. The van der Waals surface area contributed by atoms with Crippen molar-refractivity contribution in [3.8, 4) is 0 Å². The van der Waals surface area contributed by atoms with Crippen LogP contribution in [0, 0.1) is 17.8 Å². The lowest BCUT2D eigenvalue weighted by atomic mass is 9.71. The third-order valence-electron chi connectivity index (χ3n) is 5.94. The van der Waals surface area contributed by atoms with E-state index in [0.717, 1.165) is 38.9 Å². The minimum atomic E-state index is -0.319. The molecule has 2 aromatic carbocycles. The lowest BCUT2D eigenvalue weighted by Crippen LogP contribution is -2.28. The zero-order chi connectivity index (χ0) is 24.7. The highest BCUT2D eigenvalue weighted by molar-refractivity contribution is 6.12. The number of fused-ring (bicyclic) bond motifs is 1. The first kappa shape index (κ1) is 23.6. The van der Waals surface area contributed by atoms with Crippen LogP contribution in [0.25, 0.3) is 16.7 Å². The maximum absolute atomic E-state index is 13.4. The summed E-state index contributed by atoms with van der Waals surface area (Å²) >= 11 is 0. The molecule has 0 saturated carbocycles. The number of benzene rings is 2. The Bertz CT molecular complexity index is 1300. The van der Waals surface area contributed by atoms with E-state index in [1.54, 1.807) is 0 Å². The summed E-state index contributed by atoms with van der Waals surface area (Å²) in [6.45, 7) is 14.4. The van der Waals surface area contributed by atoms with Gasteiger partial charge in [0, 0.05) is 22.1 Å². The van der Waals surface area contributed by atoms with Gasteiger partial charge in [0.15, 0.2) is 11.5 Å². The van der Waals surface area contributed by atoms with Gasteiger partial charge < -0.3 is 4.42 Å². The monoisotopic (exact) mass is 452 g/mol. The standard InChI is InChI=1S/C30H32N2O2/c1-19-12-14-22(15-13-19)31-32-27(26-18-20-10-8-9-11-25(20)34-26)21-16-23(29(2,3)4)28(33)24(17-21)30(5,6)7/h8-18H,1-7H3. The van der Waals surface area contributed by atoms with Gasteiger partial charge in [0.25, 0.3) is 0 Å². The molecule has 1 aliphatic carbocycles. The lowest BCUT2D eigenvalue weighted by molar-refractivity contribution is -0.114. The van der Waals surface area contributed by atoms with Crippen LogP contribution in [0.4, 0.5) is 5.69 Å². The summed E-state index contributed by atoms with van der Waals surface area (Å²) in [7, 11) is 0. The molecule has 1 heterocycles. The molecule has 4 rings (SSSR count). The van der Waals surface area contributed by atoms with Gasteiger partial charge in [-0.2, -0.15) is 5.11 Å². The van der Waals surface area contributed by atoms with Gasteiger partial charge in [-0.3, -0.25) is 4.79 Å². The van der Waals surface area contributed by atoms with E-state index in [2.05, 4.69) is 51.8 Å². The summed E-state index contributed by atoms with van der Waals surface area (Å²) in [5, 5.41) is 10.2. The fourth-order valence-electron chi connectivity index (χ4n) is 3.95. The van der Waals surface area contributed by atoms with E-state index in [-0.39, 0.29) is 16.6 Å². The highest BCUT2D eigenvalue weighted by Gasteiger charge is 2.35. The molecule has 4 nitrogen and oxygen atoms in total. The molecular formula is C30H32N2O2. The molecule has 0 N–H and O–H groups in total. The SMILES string of the molecule is Cc1ccc(N=NC(=C2C=C(C(C)(C)C)C(=O)C(C(C)(C)C)=C2)c2cc3ccccc3o2)cc1. The number of allylic oxidation sites excluding steroid dienone is 5. The first-order valence-corrected chi connectivity index (χ1v) is 11.6. The Labute approximate surface area is 201 Å². The third-order valence-corrected chi connectivity index (χ3v) is 5.94. The number of furan rings is 1. The van der Waals surface area contributed by atoms with Crippen molar-refractivity contribution in [3.63, 3.8) is 0 Å². The number of hydrogen-bond donors (Lipinski definition) is 0. The fraction of sp³-hybridized carbons (Fsp3) is 0.300. The number of nitrogens with zero attached hydrogens (tertiary/aromatic N) is 2. The van der Waals surface area contributed by atoms with Crippen LogP contribution in [0.3, 0.4) is 0 Å². The Morgan fingerprint density at radius 2 is 1.41 bits per heavy atom. The van der Waals surface area contributed by atoms with Crippen LogP contribution in [0.1, 0.15) is 52.9 Å². The predicted octanol–water partition coefficient (Wildman–Crippen LogP) is 8.76. The van der Waals surface area contributed by atoms with Crippen molar-refractivity contribution in [2.45, 2.75) is 48.5 Å². The van der Waals surface area contributed by atoms with E-state index in [9.17, 15) is 4.79 Å². The van der Waals surface area contributed by atoms with Crippen molar-refractivity contribution < 1.29 is 9.21 Å². The Morgan fingerprint density at radius 1 is 0.824 bits per heavy atom. The van der Waals surface area contributed by atoms with Crippen LogP contribution in [-0.4, -0.2) is 5.78 Å². The molecule has 34 heavy (non-hydrogen) atoms. The van der Waals surface area contributed by atoms with Crippen LogP contribution in [0.15, 0.2) is 98.1 Å². The van der Waals surface area contributed by atoms with Crippen LogP contribution in [0.5, 0.6) is 0 Å². The van der Waals surface area contributed by atoms with Gasteiger partial charge >= 0.3 is 0 Å².